The van der Waals surface area contributed by atoms with Crippen LogP contribution in [0.15, 0.2) is 58.0 Å². The third kappa shape index (κ3) is 4.88. The van der Waals surface area contributed by atoms with Crippen LogP contribution in [-0.4, -0.2) is 53.7 Å². The summed E-state index contributed by atoms with van der Waals surface area (Å²) in [5, 5.41) is 4.66. The maximum absolute atomic E-state index is 13.1. The molecule has 0 unspecified atom stereocenters. The Kier molecular flexibility index (Phi) is 6.13. The minimum atomic E-state index is -0.227. The van der Waals surface area contributed by atoms with Gasteiger partial charge in [-0.25, -0.2) is 4.39 Å². The predicted octanol–water partition coefficient (Wildman–Crippen LogP) is 3.21. The summed E-state index contributed by atoms with van der Waals surface area (Å²) in [6.07, 6.45) is 0.511. The molecule has 0 aliphatic carbocycles. The van der Waals surface area contributed by atoms with E-state index in [0.717, 1.165) is 37.4 Å². The average Bonchev–Trinajstić information content (AvgIpc) is 3.24. The fourth-order valence-corrected chi connectivity index (χ4v) is 3.41. The average molecular weight is 429 g/mol. The van der Waals surface area contributed by atoms with Crippen LogP contribution in [0, 0.1) is 5.82 Å². The molecule has 1 aliphatic rings. The van der Waals surface area contributed by atoms with Gasteiger partial charge in [0, 0.05) is 48.9 Å². The number of rotatable bonds is 5. The zero-order valence-electron chi connectivity index (χ0n) is 16.3. The molecule has 0 bridgehead atoms. The molecule has 1 fully saturated rings. The lowest BCUT2D eigenvalue weighted by Gasteiger charge is -2.36. The molecule has 30 heavy (non-hydrogen) atoms. The first-order valence-corrected chi connectivity index (χ1v) is 10.1. The molecule has 0 radical (unpaired) electrons. The summed E-state index contributed by atoms with van der Waals surface area (Å²) < 4.78 is 18.4. The zero-order valence-corrected chi connectivity index (χ0v) is 17.1. The Morgan fingerprint density at radius 2 is 1.77 bits per heavy atom. The first-order valence-electron chi connectivity index (χ1n) is 9.72. The second-order valence-corrected chi connectivity index (χ2v) is 7.40. The van der Waals surface area contributed by atoms with E-state index in [1.54, 1.807) is 24.3 Å². The van der Waals surface area contributed by atoms with E-state index in [-0.39, 0.29) is 5.82 Å². The van der Waals surface area contributed by atoms with E-state index < -0.39 is 0 Å². The number of nitrogens with zero attached hydrogens (tertiary/aromatic N) is 5. The normalized spacial score (nSPS) is 14.9. The lowest BCUT2D eigenvalue weighted by Crippen LogP contribution is -2.51. The number of aromatic nitrogens is 2. The number of piperazine rings is 1. The molecule has 7 nitrogen and oxygen atoms in total. The Hall–Kier alpha value is -3.13. The van der Waals surface area contributed by atoms with Crippen LogP contribution in [0.3, 0.4) is 0 Å². The Labute approximate surface area is 179 Å². The Morgan fingerprint density at radius 3 is 2.47 bits per heavy atom. The third-order valence-corrected chi connectivity index (χ3v) is 5.22. The van der Waals surface area contributed by atoms with Crippen molar-refractivity contribution >= 4 is 23.2 Å². The summed E-state index contributed by atoms with van der Waals surface area (Å²) in [5.41, 5.74) is 8.01. The SMILES string of the molecule is NC(=NCCc1nc(-c2ccc(Cl)cc2)no1)N1CCN(c2ccc(F)cc2)CC1. The van der Waals surface area contributed by atoms with Gasteiger partial charge in [-0.2, -0.15) is 4.98 Å². The smallest absolute Gasteiger partial charge is 0.228 e. The number of benzene rings is 2. The van der Waals surface area contributed by atoms with Crippen molar-refractivity contribution in [2.45, 2.75) is 6.42 Å². The lowest BCUT2D eigenvalue weighted by atomic mass is 10.2. The second kappa shape index (κ2) is 9.13. The van der Waals surface area contributed by atoms with Crippen molar-refractivity contribution in [1.29, 1.82) is 0 Å². The number of nitrogens with two attached hydrogens (primary N) is 1. The molecule has 4 rings (SSSR count). The number of anilines is 1. The summed E-state index contributed by atoms with van der Waals surface area (Å²) in [6, 6.07) is 13.8. The van der Waals surface area contributed by atoms with E-state index in [9.17, 15) is 4.39 Å². The molecule has 1 aromatic heterocycles. The van der Waals surface area contributed by atoms with Gasteiger partial charge in [-0.3, -0.25) is 4.99 Å². The minimum absolute atomic E-state index is 0.227. The molecule has 156 valence electrons. The van der Waals surface area contributed by atoms with E-state index in [1.165, 1.54) is 12.1 Å². The van der Waals surface area contributed by atoms with Crippen LogP contribution < -0.4 is 10.6 Å². The molecule has 1 saturated heterocycles. The highest BCUT2D eigenvalue weighted by Gasteiger charge is 2.18. The first kappa shape index (κ1) is 20.2. The molecule has 0 amide bonds. The van der Waals surface area contributed by atoms with Crippen molar-refractivity contribution in [3.8, 4) is 11.4 Å². The van der Waals surface area contributed by atoms with E-state index in [2.05, 4.69) is 20.0 Å². The number of halogens is 2. The Balaban J connectivity index is 1.27. The van der Waals surface area contributed by atoms with Gasteiger partial charge in [0.25, 0.3) is 0 Å². The second-order valence-electron chi connectivity index (χ2n) is 6.96. The van der Waals surface area contributed by atoms with Gasteiger partial charge in [0.15, 0.2) is 5.96 Å². The van der Waals surface area contributed by atoms with Gasteiger partial charge in [-0.15, -0.1) is 0 Å². The molecule has 2 heterocycles. The quantitative estimate of drug-likeness (QED) is 0.496. The highest BCUT2D eigenvalue weighted by atomic mass is 35.5. The number of aliphatic imine (C=N–C) groups is 1. The van der Waals surface area contributed by atoms with E-state index in [4.69, 9.17) is 21.9 Å². The lowest BCUT2D eigenvalue weighted by molar-refractivity contribution is 0.374. The van der Waals surface area contributed by atoms with Gasteiger partial charge < -0.3 is 20.1 Å². The first-order chi connectivity index (χ1) is 14.6. The molecule has 0 spiro atoms. The van der Waals surface area contributed by atoms with Crippen molar-refractivity contribution in [3.63, 3.8) is 0 Å². The van der Waals surface area contributed by atoms with Gasteiger partial charge in [0.05, 0.1) is 6.54 Å². The van der Waals surface area contributed by atoms with Gasteiger partial charge in [0.2, 0.25) is 11.7 Å². The molecular weight excluding hydrogens is 407 g/mol. The monoisotopic (exact) mass is 428 g/mol. The summed E-state index contributed by atoms with van der Waals surface area (Å²) in [7, 11) is 0. The molecule has 0 atom stereocenters. The summed E-state index contributed by atoms with van der Waals surface area (Å²) in [5.74, 6) is 1.31. The fraction of sp³-hybridized carbons (Fsp3) is 0.286. The molecular formula is C21H22ClFN6O. The van der Waals surface area contributed by atoms with E-state index in [0.29, 0.717) is 35.7 Å². The van der Waals surface area contributed by atoms with Crippen molar-refractivity contribution in [2.75, 3.05) is 37.6 Å². The number of guanidine groups is 1. The van der Waals surface area contributed by atoms with Crippen molar-refractivity contribution in [3.05, 3.63) is 65.3 Å². The van der Waals surface area contributed by atoms with Crippen molar-refractivity contribution in [2.24, 2.45) is 10.7 Å². The maximum Gasteiger partial charge on any atom is 0.228 e. The van der Waals surface area contributed by atoms with Gasteiger partial charge >= 0.3 is 0 Å². The molecule has 2 aromatic carbocycles. The van der Waals surface area contributed by atoms with Crippen LogP contribution in [0.1, 0.15) is 5.89 Å². The molecule has 3 aromatic rings. The standard InChI is InChI=1S/C21H22ClFN6O/c22-16-3-1-15(2-4-16)20-26-19(30-27-20)9-10-25-21(24)29-13-11-28(12-14-29)18-7-5-17(23)6-8-18/h1-8H,9-14H2,(H2,24,25). The highest BCUT2D eigenvalue weighted by Crippen LogP contribution is 2.19. The molecule has 2 N–H and O–H groups in total. The van der Waals surface area contributed by atoms with Crippen molar-refractivity contribution in [1.82, 2.24) is 15.0 Å². The summed E-state index contributed by atoms with van der Waals surface area (Å²) >= 11 is 5.90. The number of hydrogen-bond donors (Lipinski definition) is 1. The van der Waals surface area contributed by atoms with Gasteiger partial charge in [-0.05, 0) is 48.5 Å². The zero-order chi connectivity index (χ0) is 20.9. The minimum Gasteiger partial charge on any atom is -0.370 e. The van der Waals surface area contributed by atoms with Gasteiger partial charge in [-0.1, -0.05) is 16.8 Å². The fourth-order valence-electron chi connectivity index (χ4n) is 3.28. The van der Waals surface area contributed by atoms with E-state index in [1.807, 2.05) is 17.0 Å². The van der Waals surface area contributed by atoms with Crippen molar-refractivity contribution < 1.29 is 8.91 Å². The highest BCUT2D eigenvalue weighted by molar-refractivity contribution is 6.30. The topological polar surface area (TPSA) is 83.8 Å². The van der Waals surface area contributed by atoms with Crippen LogP contribution in [0.5, 0.6) is 0 Å². The Bertz CT molecular complexity index is 997. The molecule has 9 heteroatoms. The van der Waals surface area contributed by atoms with Crippen LogP contribution >= 0.6 is 11.6 Å². The van der Waals surface area contributed by atoms with Crippen LogP contribution in [0.4, 0.5) is 10.1 Å². The van der Waals surface area contributed by atoms with Crippen LogP contribution in [0.2, 0.25) is 5.02 Å². The van der Waals surface area contributed by atoms with Crippen LogP contribution in [0.25, 0.3) is 11.4 Å². The molecule has 1 aliphatic heterocycles. The largest absolute Gasteiger partial charge is 0.370 e. The van der Waals surface area contributed by atoms with Crippen LogP contribution in [-0.2, 0) is 6.42 Å². The predicted molar refractivity (Wildman–Crippen MR) is 115 cm³/mol. The molecule has 0 saturated carbocycles. The summed E-state index contributed by atoms with van der Waals surface area (Å²) in [6.45, 7) is 3.58. The third-order valence-electron chi connectivity index (χ3n) is 4.97. The maximum atomic E-state index is 13.1. The summed E-state index contributed by atoms with van der Waals surface area (Å²) in [4.78, 5) is 13.1. The van der Waals surface area contributed by atoms with Gasteiger partial charge in [0.1, 0.15) is 5.82 Å². The Morgan fingerprint density at radius 1 is 1.07 bits per heavy atom. The van der Waals surface area contributed by atoms with E-state index >= 15 is 0 Å². The number of hydrogen-bond acceptors (Lipinski definition) is 5.